The molecule has 0 bridgehead atoms. The molecule has 138 valence electrons. The number of para-hydroxylation sites is 1. The lowest BCUT2D eigenvalue weighted by molar-refractivity contribution is -0.114. The summed E-state index contributed by atoms with van der Waals surface area (Å²) in [5.74, 6) is -0.135. The van der Waals surface area contributed by atoms with E-state index >= 15 is 0 Å². The molecule has 0 aliphatic carbocycles. The van der Waals surface area contributed by atoms with Crippen molar-refractivity contribution < 1.29 is 9.59 Å². The minimum Gasteiger partial charge on any atom is -0.338 e. The van der Waals surface area contributed by atoms with E-state index in [0.717, 1.165) is 11.3 Å². The van der Waals surface area contributed by atoms with Crippen LogP contribution in [0, 0.1) is 0 Å². The SMILES string of the molecule is CC(=O)Nc1ccc(NC(=O)NCCc2cnn(-c3ccccc3)c2)cc1. The van der Waals surface area contributed by atoms with Gasteiger partial charge in [-0.05, 0) is 48.4 Å². The van der Waals surface area contributed by atoms with Crippen LogP contribution in [0.5, 0.6) is 0 Å². The summed E-state index contributed by atoms with van der Waals surface area (Å²) in [6, 6.07) is 16.5. The number of amides is 3. The Morgan fingerprint density at radius 3 is 2.30 bits per heavy atom. The smallest absolute Gasteiger partial charge is 0.319 e. The summed E-state index contributed by atoms with van der Waals surface area (Å²) < 4.78 is 1.81. The molecule has 0 fully saturated rings. The van der Waals surface area contributed by atoms with E-state index in [4.69, 9.17) is 0 Å². The zero-order chi connectivity index (χ0) is 19.1. The predicted octanol–water partition coefficient (Wildman–Crippen LogP) is 3.19. The van der Waals surface area contributed by atoms with E-state index in [1.165, 1.54) is 6.92 Å². The topological polar surface area (TPSA) is 88.1 Å². The standard InChI is InChI=1S/C20H21N5O2/c1-15(26)23-17-7-9-18(10-8-17)24-20(27)21-12-11-16-13-22-25(14-16)19-5-3-2-4-6-19/h2-10,13-14H,11-12H2,1H3,(H,23,26)(H2,21,24,27). The van der Waals surface area contributed by atoms with Crippen molar-refractivity contribution in [1.29, 1.82) is 0 Å². The molecule has 0 atom stereocenters. The van der Waals surface area contributed by atoms with Gasteiger partial charge >= 0.3 is 6.03 Å². The van der Waals surface area contributed by atoms with E-state index in [-0.39, 0.29) is 11.9 Å². The molecule has 7 heteroatoms. The lowest BCUT2D eigenvalue weighted by Gasteiger charge is -2.08. The lowest BCUT2D eigenvalue weighted by Crippen LogP contribution is -2.30. The van der Waals surface area contributed by atoms with Crippen molar-refractivity contribution >= 4 is 23.3 Å². The Hall–Kier alpha value is -3.61. The van der Waals surface area contributed by atoms with Crippen molar-refractivity contribution in [2.75, 3.05) is 17.2 Å². The van der Waals surface area contributed by atoms with Crippen molar-refractivity contribution in [2.45, 2.75) is 13.3 Å². The average Bonchev–Trinajstić information content (AvgIpc) is 3.13. The number of aromatic nitrogens is 2. The first-order valence-corrected chi connectivity index (χ1v) is 8.61. The zero-order valence-electron chi connectivity index (χ0n) is 15.0. The summed E-state index contributed by atoms with van der Waals surface area (Å²) in [4.78, 5) is 23.0. The van der Waals surface area contributed by atoms with E-state index < -0.39 is 0 Å². The number of anilines is 2. The molecule has 0 spiro atoms. The van der Waals surface area contributed by atoms with Gasteiger partial charge in [-0.1, -0.05) is 18.2 Å². The largest absolute Gasteiger partial charge is 0.338 e. The minimum atomic E-state index is -0.280. The molecule has 3 amide bonds. The molecular formula is C20H21N5O2. The molecule has 1 heterocycles. The number of hydrogen-bond donors (Lipinski definition) is 3. The van der Waals surface area contributed by atoms with Gasteiger partial charge in [0.25, 0.3) is 0 Å². The van der Waals surface area contributed by atoms with Crippen LogP contribution in [0.4, 0.5) is 16.2 Å². The number of carbonyl (C=O) groups excluding carboxylic acids is 2. The Balaban J connectivity index is 1.44. The summed E-state index contributed by atoms with van der Waals surface area (Å²) >= 11 is 0. The number of urea groups is 1. The molecule has 0 aliphatic heterocycles. The van der Waals surface area contributed by atoms with Crippen LogP contribution in [0.25, 0.3) is 5.69 Å². The molecule has 3 aromatic rings. The zero-order valence-corrected chi connectivity index (χ0v) is 15.0. The summed E-state index contributed by atoms with van der Waals surface area (Å²) in [5, 5.41) is 12.6. The second-order valence-corrected chi connectivity index (χ2v) is 6.02. The normalized spacial score (nSPS) is 10.3. The highest BCUT2D eigenvalue weighted by Crippen LogP contribution is 2.13. The van der Waals surface area contributed by atoms with Gasteiger partial charge in [0.15, 0.2) is 0 Å². The summed E-state index contributed by atoms with van der Waals surface area (Å²) in [7, 11) is 0. The molecule has 2 aromatic carbocycles. The number of nitrogens with zero attached hydrogens (tertiary/aromatic N) is 2. The Kier molecular flexibility index (Phi) is 5.84. The Labute approximate surface area is 157 Å². The second kappa shape index (κ2) is 8.66. The summed E-state index contributed by atoms with van der Waals surface area (Å²) in [5.41, 5.74) is 3.37. The molecule has 0 radical (unpaired) electrons. The van der Waals surface area contributed by atoms with Crippen LogP contribution in [0.1, 0.15) is 12.5 Å². The maximum Gasteiger partial charge on any atom is 0.319 e. The predicted molar refractivity (Wildman–Crippen MR) is 105 cm³/mol. The van der Waals surface area contributed by atoms with Gasteiger partial charge in [-0.3, -0.25) is 4.79 Å². The average molecular weight is 363 g/mol. The Bertz CT molecular complexity index is 904. The van der Waals surface area contributed by atoms with Gasteiger partial charge in [-0.15, -0.1) is 0 Å². The molecule has 7 nitrogen and oxygen atoms in total. The third-order valence-corrected chi connectivity index (χ3v) is 3.82. The van der Waals surface area contributed by atoms with Crippen molar-refractivity contribution in [3.63, 3.8) is 0 Å². The molecular weight excluding hydrogens is 342 g/mol. The van der Waals surface area contributed by atoms with Crippen molar-refractivity contribution in [1.82, 2.24) is 15.1 Å². The number of carbonyl (C=O) groups is 2. The maximum atomic E-state index is 12.0. The molecule has 3 N–H and O–H groups in total. The molecule has 0 saturated carbocycles. The van der Waals surface area contributed by atoms with Crippen LogP contribution in [0.3, 0.4) is 0 Å². The van der Waals surface area contributed by atoms with Crippen molar-refractivity contribution in [3.8, 4) is 5.69 Å². The first-order valence-electron chi connectivity index (χ1n) is 8.61. The summed E-state index contributed by atoms with van der Waals surface area (Å²) in [6.07, 6.45) is 4.44. The van der Waals surface area contributed by atoms with Gasteiger partial charge in [-0.2, -0.15) is 5.10 Å². The number of hydrogen-bond acceptors (Lipinski definition) is 3. The molecule has 1 aromatic heterocycles. The fourth-order valence-electron chi connectivity index (χ4n) is 2.55. The van der Waals surface area contributed by atoms with Gasteiger partial charge in [0, 0.05) is 31.0 Å². The molecule has 0 unspecified atom stereocenters. The number of nitrogens with one attached hydrogen (secondary N) is 3. The Morgan fingerprint density at radius 2 is 1.63 bits per heavy atom. The van der Waals surface area contributed by atoms with E-state index in [2.05, 4.69) is 21.0 Å². The fraction of sp³-hybridized carbons (Fsp3) is 0.150. The highest BCUT2D eigenvalue weighted by atomic mass is 16.2. The quantitative estimate of drug-likeness (QED) is 0.628. The summed E-state index contributed by atoms with van der Waals surface area (Å²) in [6.45, 7) is 1.94. The number of rotatable bonds is 6. The third kappa shape index (κ3) is 5.43. The molecule has 27 heavy (non-hydrogen) atoms. The first kappa shape index (κ1) is 18.2. The highest BCUT2D eigenvalue weighted by molar-refractivity contribution is 5.91. The van der Waals surface area contributed by atoms with Crippen LogP contribution >= 0.6 is 0 Å². The molecule has 0 aliphatic rings. The van der Waals surface area contributed by atoms with Crippen LogP contribution < -0.4 is 16.0 Å². The van der Waals surface area contributed by atoms with E-state index in [9.17, 15) is 9.59 Å². The maximum absolute atomic E-state index is 12.0. The van der Waals surface area contributed by atoms with Crippen molar-refractivity contribution in [3.05, 3.63) is 72.6 Å². The molecule has 0 saturated heterocycles. The van der Waals surface area contributed by atoms with Gasteiger partial charge in [0.05, 0.1) is 11.9 Å². The first-order chi connectivity index (χ1) is 13.1. The second-order valence-electron chi connectivity index (χ2n) is 6.02. The lowest BCUT2D eigenvalue weighted by atomic mass is 10.2. The number of benzene rings is 2. The van der Waals surface area contributed by atoms with Crippen LogP contribution in [0.15, 0.2) is 67.0 Å². The fourth-order valence-corrected chi connectivity index (χ4v) is 2.55. The highest BCUT2D eigenvalue weighted by Gasteiger charge is 2.04. The Morgan fingerprint density at radius 1 is 0.963 bits per heavy atom. The van der Waals surface area contributed by atoms with Crippen LogP contribution in [-0.2, 0) is 11.2 Å². The minimum absolute atomic E-state index is 0.135. The van der Waals surface area contributed by atoms with Gasteiger partial charge in [-0.25, -0.2) is 9.48 Å². The van der Waals surface area contributed by atoms with E-state index in [1.807, 2.05) is 41.2 Å². The van der Waals surface area contributed by atoms with E-state index in [1.54, 1.807) is 30.5 Å². The molecule has 3 rings (SSSR count). The van der Waals surface area contributed by atoms with Crippen LogP contribution in [0.2, 0.25) is 0 Å². The third-order valence-electron chi connectivity index (χ3n) is 3.82. The van der Waals surface area contributed by atoms with E-state index in [0.29, 0.717) is 24.3 Å². The van der Waals surface area contributed by atoms with Gasteiger partial charge in [0.1, 0.15) is 0 Å². The monoisotopic (exact) mass is 363 g/mol. The van der Waals surface area contributed by atoms with Crippen LogP contribution in [-0.4, -0.2) is 28.3 Å². The van der Waals surface area contributed by atoms with Crippen molar-refractivity contribution in [2.24, 2.45) is 0 Å². The van der Waals surface area contributed by atoms with Gasteiger partial charge < -0.3 is 16.0 Å². The van der Waals surface area contributed by atoms with Gasteiger partial charge in [0.2, 0.25) is 5.91 Å².